The standard InChI is InChI=1S/C13H14BrNO2S/c1-9-13(18-8-15-9)4-5-17-12-3-2-11(14)6-10(12)7-16/h2-3,6,8,16H,4-5,7H2,1H3. The van der Waals surface area contributed by atoms with Crippen LogP contribution in [0.25, 0.3) is 0 Å². The van der Waals surface area contributed by atoms with Crippen LogP contribution in [0.4, 0.5) is 0 Å². The van der Waals surface area contributed by atoms with Gasteiger partial charge in [-0.25, -0.2) is 4.98 Å². The van der Waals surface area contributed by atoms with Gasteiger partial charge in [0.1, 0.15) is 5.75 Å². The normalized spacial score (nSPS) is 10.6. The van der Waals surface area contributed by atoms with E-state index in [9.17, 15) is 5.11 Å². The van der Waals surface area contributed by atoms with Crippen molar-refractivity contribution in [2.24, 2.45) is 0 Å². The number of ether oxygens (including phenoxy) is 1. The molecule has 1 N–H and O–H groups in total. The zero-order valence-corrected chi connectivity index (χ0v) is 12.4. The molecule has 0 saturated carbocycles. The van der Waals surface area contributed by atoms with E-state index in [2.05, 4.69) is 20.9 Å². The van der Waals surface area contributed by atoms with E-state index in [4.69, 9.17) is 4.74 Å². The number of nitrogens with zero attached hydrogens (tertiary/aromatic N) is 1. The van der Waals surface area contributed by atoms with Crippen LogP contribution in [0, 0.1) is 6.92 Å². The van der Waals surface area contributed by atoms with Gasteiger partial charge in [-0.3, -0.25) is 0 Å². The summed E-state index contributed by atoms with van der Waals surface area (Å²) in [5.41, 5.74) is 3.72. The number of hydrogen-bond donors (Lipinski definition) is 1. The smallest absolute Gasteiger partial charge is 0.124 e. The van der Waals surface area contributed by atoms with E-state index in [1.807, 2.05) is 30.6 Å². The topological polar surface area (TPSA) is 42.4 Å². The van der Waals surface area contributed by atoms with E-state index < -0.39 is 0 Å². The number of aryl methyl sites for hydroxylation is 1. The molecule has 2 rings (SSSR count). The van der Waals surface area contributed by atoms with Gasteiger partial charge in [0.05, 0.1) is 24.4 Å². The van der Waals surface area contributed by atoms with E-state index >= 15 is 0 Å². The highest BCUT2D eigenvalue weighted by molar-refractivity contribution is 9.10. The van der Waals surface area contributed by atoms with Crippen molar-refractivity contribution in [1.82, 2.24) is 4.98 Å². The van der Waals surface area contributed by atoms with E-state index in [1.54, 1.807) is 11.3 Å². The van der Waals surface area contributed by atoms with Crippen molar-refractivity contribution in [2.45, 2.75) is 20.0 Å². The van der Waals surface area contributed by atoms with Gasteiger partial charge in [-0.1, -0.05) is 15.9 Å². The summed E-state index contributed by atoms with van der Waals surface area (Å²) in [7, 11) is 0. The van der Waals surface area contributed by atoms with Crippen LogP contribution < -0.4 is 4.74 Å². The van der Waals surface area contributed by atoms with Crippen LogP contribution in [-0.2, 0) is 13.0 Å². The third kappa shape index (κ3) is 3.31. The molecule has 0 spiro atoms. The van der Waals surface area contributed by atoms with Gasteiger partial charge in [-0.2, -0.15) is 0 Å². The molecule has 96 valence electrons. The molecule has 1 aromatic carbocycles. The van der Waals surface area contributed by atoms with Crippen LogP contribution in [0.2, 0.25) is 0 Å². The van der Waals surface area contributed by atoms with Gasteiger partial charge in [0.2, 0.25) is 0 Å². The van der Waals surface area contributed by atoms with Crippen LogP contribution in [0.5, 0.6) is 5.75 Å². The number of thiazole rings is 1. The van der Waals surface area contributed by atoms with Crippen LogP contribution in [0.3, 0.4) is 0 Å². The molecular formula is C13H14BrNO2S. The maximum atomic E-state index is 9.26. The second-order valence-electron chi connectivity index (χ2n) is 3.87. The average molecular weight is 328 g/mol. The van der Waals surface area contributed by atoms with Gasteiger partial charge in [-0.15, -0.1) is 11.3 Å². The minimum Gasteiger partial charge on any atom is -0.493 e. The number of aliphatic hydroxyl groups is 1. The molecule has 0 aliphatic heterocycles. The SMILES string of the molecule is Cc1ncsc1CCOc1ccc(Br)cc1CO. The summed E-state index contributed by atoms with van der Waals surface area (Å²) in [5, 5.41) is 9.26. The summed E-state index contributed by atoms with van der Waals surface area (Å²) in [4.78, 5) is 5.45. The summed E-state index contributed by atoms with van der Waals surface area (Å²) in [6.45, 7) is 2.58. The minimum atomic E-state index is -0.0195. The lowest BCUT2D eigenvalue weighted by Crippen LogP contribution is -2.03. The van der Waals surface area contributed by atoms with E-state index in [1.165, 1.54) is 4.88 Å². The lowest BCUT2D eigenvalue weighted by atomic mass is 10.2. The minimum absolute atomic E-state index is 0.0195. The van der Waals surface area contributed by atoms with E-state index in [-0.39, 0.29) is 6.61 Å². The molecule has 0 atom stereocenters. The number of hydrogen-bond acceptors (Lipinski definition) is 4. The summed E-state index contributed by atoms with van der Waals surface area (Å²) < 4.78 is 6.65. The molecule has 0 aliphatic rings. The first-order chi connectivity index (χ1) is 8.70. The Kier molecular flexibility index (Phi) is 4.74. The predicted octanol–water partition coefficient (Wildman–Crippen LogP) is 3.33. The third-order valence-corrected chi connectivity index (χ3v) is 4.11. The highest BCUT2D eigenvalue weighted by atomic mass is 79.9. The third-order valence-electron chi connectivity index (χ3n) is 2.62. The second kappa shape index (κ2) is 6.31. The Hall–Kier alpha value is -0.910. The predicted molar refractivity (Wildman–Crippen MR) is 76.1 cm³/mol. The Bertz CT molecular complexity index is 527. The van der Waals surface area contributed by atoms with Gasteiger partial charge in [0.15, 0.2) is 0 Å². The molecule has 0 bridgehead atoms. The fraction of sp³-hybridized carbons (Fsp3) is 0.308. The maximum Gasteiger partial charge on any atom is 0.124 e. The van der Waals surface area contributed by atoms with Crippen LogP contribution >= 0.6 is 27.3 Å². The molecular weight excluding hydrogens is 314 g/mol. The summed E-state index contributed by atoms with van der Waals surface area (Å²) >= 11 is 5.02. The Balaban J connectivity index is 1.96. The molecule has 0 unspecified atom stereocenters. The first-order valence-corrected chi connectivity index (χ1v) is 7.29. The van der Waals surface area contributed by atoms with E-state index in [0.29, 0.717) is 6.61 Å². The lowest BCUT2D eigenvalue weighted by Gasteiger charge is -2.10. The van der Waals surface area contributed by atoms with Crippen LogP contribution in [0.1, 0.15) is 16.1 Å². The largest absolute Gasteiger partial charge is 0.493 e. The molecule has 5 heteroatoms. The van der Waals surface area contributed by atoms with Crippen LogP contribution in [-0.4, -0.2) is 16.7 Å². The zero-order chi connectivity index (χ0) is 13.0. The summed E-state index contributed by atoms with van der Waals surface area (Å²) in [5.74, 6) is 0.739. The molecule has 2 aromatic rings. The number of rotatable bonds is 5. The van der Waals surface area contributed by atoms with Crippen molar-refractivity contribution < 1.29 is 9.84 Å². The first kappa shape index (κ1) is 13.5. The summed E-state index contributed by atoms with van der Waals surface area (Å²) in [6.07, 6.45) is 0.845. The highest BCUT2D eigenvalue weighted by Crippen LogP contribution is 2.23. The molecule has 0 aliphatic carbocycles. The van der Waals surface area contributed by atoms with Crippen molar-refractivity contribution >= 4 is 27.3 Å². The highest BCUT2D eigenvalue weighted by Gasteiger charge is 2.05. The average Bonchev–Trinajstić information content (AvgIpc) is 2.77. The molecule has 0 saturated heterocycles. The van der Waals surface area contributed by atoms with Crippen molar-refractivity contribution in [3.63, 3.8) is 0 Å². The van der Waals surface area contributed by atoms with Crippen molar-refractivity contribution in [3.05, 3.63) is 44.3 Å². The molecule has 3 nitrogen and oxygen atoms in total. The monoisotopic (exact) mass is 327 g/mol. The van der Waals surface area contributed by atoms with Crippen LogP contribution in [0.15, 0.2) is 28.2 Å². The van der Waals surface area contributed by atoms with Crippen molar-refractivity contribution in [3.8, 4) is 5.75 Å². The Labute approximate surface area is 119 Å². The number of halogens is 1. The second-order valence-corrected chi connectivity index (χ2v) is 5.72. The van der Waals surface area contributed by atoms with Gasteiger partial charge in [0.25, 0.3) is 0 Å². The van der Waals surface area contributed by atoms with Gasteiger partial charge in [-0.05, 0) is 25.1 Å². The number of benzene rings is 1. The van der Waals surface area contributed by atoms with Crippen molar-refractivity contribution in [1.29, 1.82) is 0 Å². The number of aromatic nitrogens is 1. The maximum absolute atomic E-state index is 9.26. The zero-order valence-electron chi connectivity index (χ0n) is 10.0. The lowest BCUT2D eigenvalue weighted by molar-refractivity contribution is 0.264. The van der Waals surface area contributed by atoms with Gasteiger partial charge < -0.3 is 9.84 Å². The molecule has 1 heterocycles. The Morgan fingerprint density at radius 1 is 1.44 bits per heavy atom. The Morgan fingerprint density at radius 2 is 2.28 bits per heavy atom. The van der Waals surface area contributed by atoms with Gasteiger partial charge in [0, 0.05) is 21.3 Å². The fourth-order valence-electron chi connectivity index (χ4n) is 1.63. The number of aliphatic hydroxyl groups excluding tert-OH is 1. The Morgan fingerprint density at radius 3 is 2.94 bits per heavy atom. The molecule has 0 fully saturated rings. The van der Waals surface area contributed by atoms with E-state index in [0.717, 1.165) is 27.9 Å². The summed E-state index contributed by atoms with van der Waals surface area (Å²) in [6, 6.07) is 5.65. The fourth-order valence-corrected chi connectivity index (χ4v) is 2.80. The van der Waals surface area contributed by atoms with Crippen molar-refractivity contribution in [2.75, 3.05) is 6.61 Å². The molecule has 1 aromatic heterocycles. The quantitative estimate of drug-likeness (QED) is 0.915. The molecule has 0 radical (unpaired) electrons. The first-order valence-electron chi connectivity index (χ1n) is 5.61. The molecule has 0 amide bonds. The van der Waals surface area contributed by atoms with Gasteiger partial charge >= 0.3 is 0 Å². The molecule has 18 heavy (non-hydrogen) atoms.